The number of aromatic nitrogens is 2. The van der Waals surface area contributed by atoms with E-state index in [1.54, 1.807) is 48.7 Å². The van der Waals surface area contributed by atoms with E-state index in [0.29, 0.717) is 16.8 Å². The molecule has 8 nitrogen and oxygen atoms in total. The molecule has 0 radical (unpaired) electrons. The van der Waals surface area contributed by atoms with Gasteiger partial charge in [-0.1, -0.05) is 36.4 Å². The molecule has 9 heteroatoms. The molecule has 0 atom stereocenters. The van der Waals surface area contributed by atoms with Crippen LogP contribution >= 0.6 is 0 Å². The van der Waals surface area contributed by atoms with E-state index in [-0.39, 0.29) is 18.8 Å². The fraction of sp³-hybridized carbons (Fsp3) is 0.150. The molecule has 0 fully saturated rings. The molecule has 1 amide bonds. The Morgan fingerprint density at radius 1 is 1.14 bits per heavy atom. The van der Waals surface area contributed by atoms with Crippen LogP contribution in [0.3, 0.4) is 0 Å². The average Bonchev–Trinajstić information content (AvgIpc) is 3.31. The molecular weight excluding hydrogens is 390 g/mol. The van der Waals surface area contributed by atoms with Crippen molar-refractivity contribution in [3.05, 3.63) is 88.7 Å². The van der Waals surface area contributed by atoms with Crippen LogP contribution in [-0.2, 0) is 28.9 Å². The van der Waals surface area contributed by atoms with E-state index in [2.05, 4.69) is 10.5 Å². The van der Waals surface area contributed by atoms with Crippen LogP contribution in [0.25, 0.3) is 0 Å². The zero-order valence-electron chi connectivity index (χ0n) is 15.3. The molecule has 0 saturated heterocycles. The zero-order valence-corrected chi connectivity index (χ0v) is 16.1. The Bertz CT molecular complexity index is 1210. The summed E-state index contributed by atoms with van der Waals surface area (Å²) in [6.45, 7) is 0.341. The van der Waals surface area contributed by atoms with E-state index in [1.807, 2.05) is 12.1 Å². The molecule has 0 aliphatic carbocycles. The molecule has 0 saturated carbocycles. The van der Waals surface area contributed by atoms with Gasteiger partial charge in [0.05, 0.1) is 35.8 Å². The highest BCUT2D eigenvalue weighted by Gasteiger charge is 2.32. The fourth-order valence-corrected chi connectivity index (χ4v) is 4.63. The smallest absolute Gasteiger partial charge is 0.267 e. The summed E-state index contributed by atoms with van der Waals surface area (Å²) in [5, 5.41) is 13.1. The van der Waals surface area contributed by atoms with Crippen LogP contribution in [0.4, 0.5) is 0 Å². The lowest BCUT2D eigenvalue weighted by molar-refractivity contribution is 0.100. The summed E-state index contributed by atoms with van der Waals surface area (Å²) in [5.41, 5.74) is 5.42. The number of hydrogen-bond donors (Lipinski definition) is 1. The minimum atomic E-state index is -3.51. The number of nitrogens with one attached hydrogen (secondary N) is 1. The topological polar surface area (TPSA) is 108 Å². The average molecular weight is 407 g/mol. The van der Waals surface area contributed by atoms with Gasteiger partial charge in [-0.05, 0) is 23.8 Å². The van der Waals surface area contributed by atoms with E-state index >= 15 is 0 Å². The van der Waals surface area contributed by atoms with Gasteiger partial charge in [0.25, 0.3) is 5.91 Å². The molecule has 3 aromatic rings. The van der Waals surface area contributed by atoms with Crippen molar-refractivity contribution in [2.75, 3.05) is 5.43 Å². The highest BCUT2D eigenvalue weighted by atomic mass is 32.2. The Balaban J connectivity index is 1.49. The maximum absolute atomic E-state index is 12.8. The summed E-state index contributed by atoms with van der Waals surface area (Å²) in [5.74, 6) is -0.516. The second-order valence-electron chi connectivity index (χ2n) is 6.67. The van der Waals surface area contributed by atoms with Gasteiger partial charge < -0.3 is 0 Å². The molecule has 1 N–H and O–H groups in total. The third-order valence-corrected chi connectivity index (χ3v) is 6.42. The summed E-state index contributed by atoms with van der Waals surface area (Å²) < 4.78 is 26.9. The van der Waals surface area contributed by atoms with Crippen LogP contribution in [0.15, 0.2) is 60.8 Å². The van der Waals surface area contributed by atoms with Crippen LogP contribution in [0.1, 0.15) is 32.7 Å². The van der Waals surface area contributed by atoms with Crippen molar-refractivity contribution >= 4 is 15.9 Å². The van der Waals surface area contributed by atoms with Crippen LogP contribution in [-0.4, -0.2) is 28.5 Å². The van der Waals surface area contributed by atoms with Gasteiger partial charge in [0, 0.05) is 17.7 Å². The lowest BCUT2D eigenvalue weighted by Gasteiger charge is -2.16. The highest BCUT2D eigenvalue weighted by Crippen LogP contribution is 2.26. The highest BCUT2D eigenvalue weighted by molar-refractivity contribution is 7.88. The minimum Gasteiger partial charge on any atom is -0.267 e. The summed E-state index contributed by atoms with van der Waals surface area (Å²) in [6.07, 6.45) is 1.55. The monoisotopic (exact) mass is 407 g/mol. The number of fused-ring (bicyclic) bond motifs is 1. The third-order valence-electron chi connectivity index (χ3n) is 4.67. The maximum atomic E-state index is 12.8. The maximum Gasteiger partial charge on any atom is 0.271 e. The Kier molecular flexibility index (Phi) is 4.88. The van der Waals surface area contributed by atoms with Crippen molar-refractivity contribution in [1.29, 1.82) is 5.26 Å². The van der Waals surface area contributed by atoms with E-state index in [9.17, 15) is 13.2 Å². The van der Waals surface area contributed by atoms with Crippen LogP contribution < -0.4 is 5.43 Å². The molecule has 1 aliphatic heterocycles. The second kappa shape index (κ2) is 7.50. The lowest BCUT2D eigenvalue weighted by atomic mass is 10.1. The molecule has 0 unspecified atom stereocenters. The molecule has 1 aromatic heterocycles. The molecule has 4 rings (SSSR count). The normalized spacial score (nSPS) is 13.6. The first-order valence-corrected chi connectivity index (χ1v) is 10.5. The predicted molar refractivity (Wildman–Crippen MR) is 105 cm³/mol. The molecule has 0 bridgehead atoms. The summed E-state index contributed by atoms with van der Waals surface area (Å²) in [4.78, 5) is 13.8. The summed E-state index contributed by atoms with van der Waals surface area (Å²) >= 11 is 0. The lowest BCUT2D eigenvalue weighted by Crippen LogP contribution is -2.30. The van der Waals surface area contributed by atoms with Crippen LogP contribution in [0, 0.1) is 11.3 Å². The molecule has 146 valence electrons. The zero-order chi connectivity index (χ0) is 20.4. The van der Waals surface area contributed by atoms with Crippen molar-refractivity contribution < 1.29 is 13.2 Å². The molecule has 2 aromatic carbocycles. The van der Waals surface area contributed by atoms with Gasteiger partial charge in [-0.15, -0.1) is 0 Å². The van der Waals surface area contributed by atoms with Crippen molar-refractivity contribution in [3.8, 4) is 6.07 Å². The second-order valence-corrected chi connectivity index (χ2v) is 8.64. The Morgan fingerprint density at radius 2 is 1.93 bits per heavy atom. The molecule has 29 heavy (non-hydrogen) atoms. The quantitative estimate of drug-likeness (QED) is 0.696. The number of benzene rings is 2. The predicted octanol–water partition coefficient (Wildman–Crippen LogP) is 1.98. The van der Waals surface area contributed by atoms with Crippen molar-refractivity contribution in [1.82, 2.24) is 14.2 Å². The molecule has 0 spiro atoms. The number of carbonyl (C=O) groups is 1. The van der Waals surface area contributed by atoms with Gasteiger partial charge in [0.15, 0.2) is 0 Å². The van der Waals surface area contributed by atoms with Gasteiger partial charge in [-0.25, -0.2) is 13.8 Å². The summed E-state index contributed by atoms with van der Waals surface area (Å²) in [7, 11) is -3.51. The van der Waals surface area contributed by atoms with Gasteiger partial charge in [0.2, 0.25) is 10.0 Å². The fourth-order valence-electron chi connectivity index (χ4n) is 3.18. The van der Waals surface area contributed by atoms with Crippen LogP contribution in [0.5, 0.6) is 0 Å². The number of carbonyl (C=O) groups excluding carboxylic acids is 1. The molecule has 1 aliphatic rings. The first-order chi connectivity index (χ1) is 14.0. The minimum absolute atomic E-state index is 0.0845. The number of sulfonamides is 1. The standard InChI is InChI=1S/C20H17N5O3S/c21-10-16-7-4-8-17(9-16)20(26)23-25-19-13-24(12-18(19)11-22-25)29(27,28)14-15-5-2-1-3-6-15/h1-9,11H,12-14H2,(H,23,26). The number of rotatable bonds is 5. The Morgan fingerprint density at radius 3 is 2.69 bits per heavy atom. The summed E-state index contributed by atoms with van der Waals surface area (Å²) in [6, 6.07) is 17.3. The molecule has 2 heterocycles. The van der Waals surface area contributed by atoms with E-state index < -0.39 is 15.9 Å². The van der Waals surface area contributed by atoms with Crippen molar-refractivity contribution in [2.24, 2.45) is 0 Å². The van der Waals surface area contributed by atoms with E-state index in [1.165, 1.54) is 15.2 Å². The Labute approximate surface area is 168 Å². The van der Waals surface area contributed by atoms with E-state index in [4.69, 9.17) is 5.26 Å². The van der Waals surface area contributed by atoms with Crippen LogP contribution in [0.2, 0.25) is 0 Å². The molecular formula is C20H17N5O3S. The van der Waals surface area contributed by atoms with Crippen molar-refractivity contribution in [2.45, 2.75) is 18.8 Å². The Hall–Kier alpha value is -3.48. The third kappa shape index (κ3) is 3.89. The number of amides is 1. The van der Waals surface area contributed by atoms with Gasteiger partial charge in [0.1, 0.15) is 0 Å². The first-order valence-electron chi connectivity index (χ1n) is 8.85. The van der Waals surface area contributed by atoms with Crippen molar-refractivity contribution in [3.63, 3.8) is 0 Å². The number of nitrogens with zero attached hydrogens (tertiary/aromatic N) is 4. The van der Waals surface area contributed by atoms with Gasteiger partial charge in [-0.2, -0.15) is 19.5 Å². The number of nitriles is 1. The van der Waals surface area contributed by atoms with Gasteiger partial charge in [-0.3, -0.25) is 4.79 Å². The van der Waals surface area contributed by atoms with E-state index in [0.717, 1.165) is 11.1 Å². The first kappa shape index (κ1) is 18.9. The SMILES string of the molecule is N#Cc1cccc(C(=O)Nn2ncc3c2CN(S(=O)(=O)Cc2ccccc2)C3)c1. The number of hydrogen-bond acceptors (Lipinski definition) is 5. The largest absolute Gasteiger partial charge is 0.271 e. The van der Waals surface area contributed by atoms with Gasteiger partial charge >= 0.3 is 0 Å².